The number of halogens is 9. The van der Waals surface area contributed by atoms with E-state index in [9.17, 15) is 39.5 Å². The Balaban J connectivity index is 1.18. The van der Waals surface area contributed by atoms with Crippen molar-refractivity contribution in [2.75, 3.05) is 79.6 Å². The molecule has 4 rings (SSSR count). The van der Waals surface area contributed by atoms with Crippen molar-refractivity contribution in [2.24, 2.45) is 17.3 Å². The molecule has 0 heterocycles. The fraction of sp³-hybridized carbons (Fsp3) is 0.857. The van der Waals surface area contributed by atoms with Gasteiger partial charge in [-0.2, -0.15) is 39.5 Å². The monoisotopic (exact) mass is 896 g/mol. The first-order chi connectivity index (χ1) is 27.6. The molecule has 17 heteroatoms. The molecule has 3 unspecified atom stereocenters. The summed E-state index contributed by atoms with van der Waals surface area (Å²) in [4.78, 5) is 3.65. The van der Waals surface area contributed by atoms with Gasteiger partial charge >= 0.3 is 24.1 Å². The van der Waals surface area contributed by atoms with Gasteiger partial charge in [-0.15, -0.1) is 0 Å². The molecule has 2 fully saturated rings. The minimum absolute atomic E-state index is 0.0723. The fourth-order valence-electron chi connectivity index (χ4n) is 9.31. The number of fused-ring (bicyclic) bond motifs is 5. The number of alkyl halides is 9. The molecular formula is C42H65F9N2O4S2. The number of hydrogen-bond donors (Lipinski definition) is 0. The minimum Gasteiger partial charge on any atom is -0.492 e. The van der Waals surface area contributed by atoms with Gasteiger partial charge in [0.15, 0.2) is 0 Å². The lowest BCUT2D eigenvalue weighted by molar-refractivity contribution is -0.457. The maximum Gasteiger partial charge on any atom is 0.435 e. The van der Waals surface area contributed by atoms with Crippen LogP contribution < -0.4 is 4.74 Å². The molecule has 0 saturated heterocycles. The summed E-state index contributed by atoms with van der Waals surface area (Å²) in [6, 6.07) is 6.56. The average molecular weight is 897 g/mol. The summed E-state index contributed by atoms with van der Waals surface area (Å²) in [6.07, 6.45) is -8.50. The molecule has 1 aromatic rings. The van der Waals surface area contributed by atoms with Crippen LogP contribution in [-0.4, -0.2) is 124 Å². The predicted molar refractivity (Wildman–Crippen MR) is 217 cm³/mol. The standard InChI is InChI=1S/C42H65F9N2O4S2/c1-37(2,59-58-28-10-8-7-9-24-54-6)19-20-52(4)21-25-55-31-12-14-32-30(29-31)11-13-34-33(32)17-18-38(3)35(34)15-16-36(38)56-26-22-53(5)23-27-57-39(40(43,44)45,41(46,47)48)42(49,50)51/h12,14,29,33-36H,7-11,13,15-28H2,1-6H3/t33?,34?,35?,36-,38-/m0/s1. The molecular weight excluding hydrogens is 832 g/mol. The van der Waals surface area contributed by atoms with E-state index in [4.69, 9.17) is 14.2 Å². The molecule has 5 atom stereocenters. The largest absolute Gasteiger partial charge is 0.492 e. The van der Waals surface area contributed by atoms with Crippen molar-refractivity contribution >= 4 is 21.6 Å². The molecule has 0 amide bonds. The molecule has 0 bridgehead atoms. The third-order valence-electron chi connectivity index (χ3n) is 12.8. The summed E-state index contributed by atoms with van der Waals surface area (Å²) in [7, 11) is 9.27. The van der Waals surface area contributed by atoms with Crippen LogP contribution in [0.2, 0.25) is 0 Å². The predicted octanol–water partition coefficient (Wildman–Crippen LogP) is 11.4. The van der Waals surface area contributed by atoms with Crippen LogP contribution in [-0.2, 0) is 20.6 Å². The number of rotatable bonds is 24. The fourth-order valence-corrected chi connectivity index (χ4v) is 12.0. The highest BCUT2D eigenvalue weighted by molar-refractivity contribution is 8.77. The highest BCUT2D eigenvalue weighted by Crippen LogP contribution is 2.62. The van der Waals surface area contributed by atoms with Gasteiger partial charge in [0.1, 0.15) is 12.4 Å². The number of unbranched alkanes of at least 4 members (excludes halogenated alkanes) is 3. The van der Waals surface area contributed by atoms with Gasteiger partial charge in [-0.1, -0.05) is 47.4 Å². The van der Waals surface area contributed by atoms with Gasteiger partial charge in [0.05, 0.1) is 19.3 Å². The number of aryl methyl sites for hydroxylation is 1. The topological polar surface area (TPSA) is 43.4 Å². The van der Waals surface area contributed by atoms with E-state index in [2.05, 4.69) is 55.7 Å². The zero-order chi connectivity index (χ0) is 43.7. The van der Waals surface area contributed by atoms with Crippen LogP contribution in [0, 0.1) is 17.3 Å². The van der Waals surface area contributed by atoms with E-state index >= 15 is 0 Å². The summed E-state index contributed by atoms with van der Waals surface area (Å²) in [5, 5.41) is 0. The first-order valence-corrected chi connectivity index (χ1v) is 23.3. The maximum absolute atomic E-state index is 13.2. The first-order valence-electron chi connectivity index (χ1n) is 20.9. The molecule has 2 saturated carbocycles. The van der Waals surface area contributed by atoms with Crippen LogP contribution in [0.5, 0.6) is 5.75 Å². The van der Waals surface area contributed by atoms with Crippen molar-refractivity contribution < 1.29 is 58.5 Å². The Morgan fingerprint density at radius 3 is 2.08 bits per heavy atom. The van der Waals surface area contributed by atoms with Gasteiger partial charge in [-0.3, -0.25) is 0 Å². The molecule has 3 aliphatic rings. The Labute approximate surface area is 353 Å². The number of likely N-dealkylation sites (N-methyl/N-ethyl adjacent to an activating group) is 2. The third-order valence-corrected chi connectivity index (χ3v) is 16.3. The van der Waals surface area contributed by atoms with E-state index in [0.717, 1.165) is 76.8 Å². The summed E-state index contributed by atoms with van der Waals surface area (Å²) in [5.41, 5.74) is -3.60. The van der Waals surface area contributed by atoms with Crippen molar-refractivity contribution in [1.29, 1.82) is 0 Å². The molecule has 0 aliphatic heterocycles. The zero-order valence-electron chi connectivity index (χ0n) is 35.4. The van der Waals surface area contributed by atoms with E-state index < -0.39 is 37.3 Å². The van der Waals surface area contributed by atoms with E-state index in [1.165, 1.54) is 48.1 Å². The second-order valence-electron chi connectivity index (χ2n) is 17.6. The smallest absolute Gasteiger partial charge is 0.435 e. The molecule has 0 aromatic heterocycles. The molecule has 1 aromatic carbocycles. The van der Waals surface area contributed by atoms with E-state index in [1.54, 1.807) is 7.11 Å². The van der Waals surface area contributed by atoms with Crippen LogP contribution in [0.1, 0.15) is 102 Å². The number of methoxy groups -OCH3 is 1. The lowest BCUT2D eigenvalue weighted by atomic mass is 9.55. The van der Waals surface area contributed by atoms with Gasteiger partial charge in [-0.05, 0) is 139 Å². The van der Waals surface area contributed by atoms with E-state index in [0.29, 0.717) is 24.4 Å². The molecule has 3 aliphatic carbocycles. The van der Waals surface area contributed by atoms with Crippen molar-refractivity contribution in [2.45, 2.75) is 132 Å². The van der Waals surface area contributed by atoms with Gasteiger partial charge in [0.2, 0.25) is 0 Å². The van der Waals surface area contributed by atoms with Crippen LogP contribution in [0.4, 0.5) is 39.5 Å². The quantitative estimate of drug-likeness (QED) is 0.0578. The van der Waals surface area contributed by atoms with Gasteiger partial charge < -0.3 is 28.7 Å². The van der Waals surface area contributed by atoms with Crippen molar-refractivity contribution in [1.82, 2.24) is 9.80 Å². The van der Waals surface area contributed by atoms with Crippen molar-refractivity contribution in [3.05, 3.63) is 29.3 Å². The number of hydrogen-bond acceptors (Lipinski definition) is 8. The highest BCUT2D eigenvalue weighted by atomic mass is 33.1. The van der Waals surface area contributed by atoms with Crippen molar-refractivity contribution in [3.63, 3.8) is 0 Å². The maximum atomic E-state index is 13.2. The van der Waals surface area contributed by atoms with Crippen molar-refractivity contribution in [3.8, 4) is 5.75 Å². The van der Waals surface area contributed by atoms with Crippen LogP contribution in [0.25, 0.3) is 0 Å². The van der Waals surface area contributed by atoms with Crippen LogP contribution in [0.15, 0.2) is 18.2 Å². The normalized spacial score (nSPS) is 24.1. The van der Waals surface area contributed by atoms with Crippen LogP contribution >= 0.6 is 21.6 Å². The summed E-state index contributed by atoms with van der Waals surface area (Å²) in [6.45, 7) is 8.44. The van der Waals surface area contributed by atoms with E-state index in [1.807, 2.05) is 21.6 Å². The first kappa shape index (κ1) is 50.5. The molecule has 0 spiro atoms. The second-order valence-corrected chi connectivity index (χ2v) is 20.7. The number of benzene rings is 1. The average Bonchev–Trinajstić information content (AvgIpc) is 3.47. The van der Waals surface area contributed by atoms with Gasteiger partial charge in [-0.25, -0.2) is 0 Å². The second kappa shape index (κ2) is 21.5. The highest BCUT2D eigenvalue weighted by Gasteiger charge is 2.85. The zero-order valence-corrected chi connectivity index (χ0v) is 37.1. The lowest BCUT2D eigenvalue weighted by Gasteiger charge is -2.50. The molecule has 59 heavy (non-hydrogen) atoms. The Bertz CT molecular complexity index is 1400. The van der Waals surface area contributed by atoms with E-state index in [-0.39, 0.29) is 29.4 Å². The Morgan fingerprint density at radius 2 is 1.41 bits per heavy atom. The Kier molecular flexibility index (Phi) is 18.4. The molecule has 6 nitrogen and oxygen atoms in total. The van der Waals surface area contributed by atoms with Gasteiger partial charge in [0, 0.05) is 43.9 Å². The van der Waals surface area contributed by atoms with Crippen LogP contribution in [0.3, 0.4) is 0 Å². The van der Waals surface area contributed by atoms with Gasteiger partial charge in [0.25, 0.3) is 0 Å². The lowest BCUT2D eigenvalue weighted by Crippen LogP contribution is -2.68. The molecule has 0 radical (unpaired) electrons. The number of ether oxygens (including phenoxy) is 4. The third kappa shape index (κ3) is 13.0. The summed E-state index contributed by atoms with van der Waals surface area (Å²) >= 11 is 0. The summed E-state index contributed by atoms with van der Waals surface area (Å²) in [5.74, 6) is 3.46. The Morgan fingerprint density at radius 1 is 0.763 bits per heavy atom. The SMILES string of the molecule is COCCCCCCSSC(C)(C)CCN(C)CCOc1ccc2c(c1)CCC1C2CC[C@@]2(C)C1CC[C@@H]2OCCN(C)CCOC(C(F)(F)F)(C(F)(F)F)C(F)(F)F. The Hall–Kier alpha value is -1.11. The minimum atomic E-state index is -6.74. The number of nitrogens with zero attached hydrogens (tertiary/aromatic N) is 2. The molecule has 342 valence electrons. The molecule has 0 N–H and O–H groups in total. The summed E-state index contributed by atoms with van der Waals surface area (Å²) < 4.78 is 140.